The van der Waals surface area contributed by atoms with Crippen molar-refractivity contribution in [2.75, 3.05) is 26.2 Å². The molecule has 79 heavy (non-hydrogen) atoms. The number of hydrogen-bond acceptors (Lipinski definition) is 17. The highest BCUT2D eigenvalue weighted by Gasteiger charge is 2.66. The molecule has 0 heterocycles. The second-order valence-electron chi connectivity index (χ2n) is 29.0. The SMILES string of the molecule is CC(C)(C)OC(=O)NC[C@@H]1[C@@H](CNC(=O)OC(C)(C)C)[C@H](C(=O)CN=C(NC(=O)OC(C)(C)C)NC(=O)OC(C)(C)C)[C@@](CO[Si](C)(C)C(C)(C)C)(N=C(NC(=O)OC(C)(C)C)NC(=O)OC(C)(C)C)[C@H]1O[Si](C)(C)C(C)(C)C. The number of carbonyl (C=O) groups is 7. The topological polar surface area (TPSA) is 290 Å². The van der Waals surface area contributed by atoms with Gasteiger partial charge < -0.3 is 47.9 Å². The van der Waals surface area contributed by atoms with E-state index in [2.05, 4.69) is 36.9 Å². The molecule has 1 aliphatic carbocycles. The van der Waals surface area contributed by atoms with Crippen LogP contribution in [0.3, 0.4) is 0 Å². The number of ether oxygens (including phenoxy) is 6. The van der Waals surface area contributed by atoms with Crippen molar-refractivity contribution in [3.63, 3.8) is 0 Å². The molecular weight excluding hydrogens is 1060 g/mol. The predicted molar refractivity (Wildman–Crippen MR) is 309 cm³/mol. The zero-order valence-electron chi connectivity index (χ0n) is 53.2. The molecule has 1 rings (SSSR count). The van der Waals surface area contributed by atoms with Crippen LogP contribution in [-0.4, -0.2) is 142 Å². The fourth-order valence-corrected chi connectivity index (χ4v) is 9.65. The molecule has 0 unspecified atom stereocenters. The number of Topliss-reactive ketones (excluding diaryl/α,β-unsaturated/α-hetero) is 1. The molecule has 0 saturated heterocycles. The maximum absolute atomic E-state index is 16.1. The van der Waals surface area contributed by atoms with Crippen LogP contribution < -0.4 is 31.9 Å². The Kier molecular flexibility index (Phi) is 23.9. The molecule has 456 valence electrons. The third-order valence-electron chi connectivity index (χ3n) is 12.4. The number of hydrogen-bond donors (Lipinski definition) is 6. The third kappa shape index (κ3) is 26.0. The van der Waals surface area contributed by atoms with Gasteiger partial charge in [0.2, 0.25) is 11.9 Å². The van der Waals surface area contributed by atoms with Crippen molar-refractivity contribution >= 4 is 70.9 Å². The Morgan fingerprint density at radius 2 is 0.734 bits per heavy atom. The number of aliphatic imine (C=N–C) groups is 2. The molecule has 1 aliphatic rings. The normalized spacial score (nSPS) is 19.6. The Morgan fingerprint density at radius 1 is 0.430 bits per heavy atom. The maximum atomic E-state index is 16.1. The molecule has 0 aromatic carbocycles. The highest BCUT2D eigenvalue weighted by molar-refractivity contribution is 6.74. The van der Waals surface area contributed by atoms with Gasteiger partial charge in [0, 0.05) is 19.0 Å². The number of guanidine groups is 2. The van der Waals surface area contributed by atoms with E-state index < -0.39 is 157 Å². The molecule has 1 saturated carbocycles. The fraction of sp³-hybridized carbons (Fsp3) is 0.833. The first-order chi connectivity index (χ1) is 35.0. The molecule has 0 aliphatic heterocycles. The number of alkyl carbamates (subject to hydrolysis) is 6. The molecule has 1 fully saturated rings. The van der Waals surface area contributed by atoms with Crippen LogP contribution in [0.25, 0.3) is 0 Å². The lowest BCUT2D eigenvalue weighted by atomic mass is 9.79. The van der Waals surface area contributed by atoms with Gasteiger partial charge in [-0.15, -0.1) is 0 Å². The van der Waals surface area contributed by atoms with Crippen LogP contribution in [0.15, 0.2) is 9.98 Å². The van der Waals surface area contributed by atoms with E-state index in [1.165, 1.54) is 0 Å². The third-order valence-corrected chi connectivity index (χ3v) is 21.3. The average molecular weight is 1160 g/mol. The van der Waals surface area contributed by atoms with Crippen molar-refractivity contribution in [2.45, 2.75) is 248 Å². The minimum atomic E-state index is -3.12. The second-order valence-corrected chi connectivity index (χ2v) is 38.6. The van der Waals surface area contributed by atoms with E-state index in [-0.39, 0.29) is 13.1 Å². The first-order valence-electron chi connectivity index (χ1n) is 26.9. The summed E-state index contributed by atoms with van der Waals surface area (Å²) in [5, 5.41) is 14.8. The number of ketones is 1. The maximum Gasteiger partial charge on any atom is 0.414 e. The van der Waals surface area contributed by atoms with Gasteiger partial charge in [-0.3, -0.25) is 26.1 Å². The summed E-state index contributed by atoms with van der Waals surface area (Å²) in [7, 11) is -6.07. The number of amides is 6. The zero-order valence-corrected chi connectivity index (χ0v) is 55.2. The molecule has 6 N–H and O–H groups in total. The first kappa shape index (κ1) is 72.0. The van der Waals surface area contributed by atoms with E-state index in [1.54, 1.807) is 125 Å². The van der Waals surface area contributed by atoms with Crippen molar-refractivity contribution in [3.8, 4) is 0 Å². The van der Waals surface area contributed by atoms with Gasteiger partial charge in [0.1, 0.15) is 45.7 Å². The van der Waals surface area contributed by atoms with E-state index in [4.69, 9.17) is 42.3 Å². The molecule has 0 radical (unpaired) electrons. The number of nitrogens with zero attached hydrogens (tertiary/aromatic N) is 2. The molecular formula is C54H102N8O15Si2. The van der Waals surface area contributed by atoms with Crippen molar-refractivity contribution < 1.29 is 70.8 Å². The second kappa shape index (κ2) is 26.3. The predicted octanol–water partition coefficient (Wildman–Crippen LogP) is 10.4. The zero-order chi connectivity index (χ0) is 62.1. The van der Waals surface area contributed by atoms with Crippen molar-refractivity contribution in [2.24, 2.45) is 27.7 Å². The number of rotatable bonds is 13. The molecule has 6 amide bonds. The highest BCUT2D eigenvalue weighted by Crippen LogP contribution is 2.53. The lowest BCUT2D eigenvalue weighted by Crippen LogP contribution is -2.60. The van der Waals surface area contributed by atoms with Crippen molar-refractivity contribution in [1.29, 1.82) is 0 Å². The largest absolute Gasteiger partial charge is 0.444 e. The van der Waals surface area contributed by atoms with Crippen LogP contribution >= 0.6 is 0 Å². The summed E-state index contributed by atoms with van der Waals surface area (Å²) in [5.41, 5.74) is -8.10. The lowest BCUT2D eigenvalue weighted by Gasteiger charge is -2.47. The van der Waals surface area contributed by atoms with Crippen LogP contribution in [0.1, 0.15) is 166 Å². The van der Waals surface area contributed by atoms with Crippen LogP contribution in [0.2, 0.25) is 36.3 Å². The molecule has 0 aromatic rings. The van der Waals surface area contributed by atoms with Crippen LogP contribution in [-0.2, 0) is 42.1 Å². The molecule has 5 atom stereocenters. The standard InChI is InChI=1S/C54H102N8O15Si2/c1-46(2,3)71-40(64)56-29-33-34(30-57-41(65)72-47(4,5)6)37(77-79(27,28)53(22,23)24)54(32-70-78(25,26)52(19,20)21,62-39(60-44(68)75-50(13,14)15)61-45(69)76-51(16,17)18)36(33)35(63)31-55-38(58-42(66)73-48(7,8)9)59-43(67)74-49(10,11)12/h33-34,36-37H,29-32H2,1-28H3,(H,56,64)(H,57,65)(H2,55,58,59,66,67)(H2,60,61,62,68,69)/t33-,34-,36-,37+,54-/m1/s1. The minimum Gasteiger partial charge on any atom is -0.444 e. The Hall–Kier alpha value is -5.02. The van der Waals surface area contributed by atoms with Gasteiger partial charge in [0.15, 0.2) is 22.4 Å². The van der Waals surface area contributed by atoms with E-state index in [9.17, 15) is 28.8 Å². The minimum absolute atomic E-state index is 0.265. The fourth-order valence-electron chi connectivity index (χ4n) is 7.26. The van der Waals surface area contributed by atoms with Gasteiger partial charge in [-0.2, -0.15) is 0 Å². The summed E-state index contributed by atoms with van der Waals surface area (Å²) < 4.78 is 48.6. The monoisotopic (exact) mass is 1160 g/mol. The van der Waals surface area contributed by atoms with Gasteiger partial charge in [-0.1, -0.05) is 41.5 Å². The number of carbonyl (C=O) groups excluding carboxylic acids is 7. The summed E-state index contributed by atoms with van der Waals surface area (Å²) in [6, 6.07) is 0. The molecule has 0 spiro atoms. The Labute approximate surface area is 473 Å². The summed E-state index contributed by atoms with van der Waals surface area (Å²) in [6.07, 6.45) is -7.11. The average Bonchev–Trinajstić information content (AvgIpc) is 3.39. The Morgan fingerprint density at radius 3 is 1.05 bits per heavy atom. The van der Waals surface area contributed by atoms with Crippen LogP contribution in [0.5, 0.6) is 0 Å². The molecule has 0 bridgehead atoms. The first-order valence-corrected chi connectivity index (χ1v) is 32.7. The summed E-state index contributed by atoms with van der Waals surface area (Å²) in [6.45, 7) is 48.0. The smallest absolute Gasteiger partial charge is 0.414 e. The quantitative estimate of drug-likeness (QED) is 0.0433. The van der Waals surface area contributed by atoms with Gasteiger partial charge >= 0.3 is 36.6 Å². The van der Waals surface area contributed by atoms with Gasteiger partial charge in [0.25, 0.3) is 0 Å². The highest BCUT2D eigenvalue weighted by atomic mass is 28.4. The van der Waals surface area contributed by atoms with Gasteiger partial charge in [0.05, 0.1) is 18.6 Å². The van der Waals surface area contributed by atoms with Crippen LogP contribution in [0.4, 0.5) is 28.8 Å². The molecule has 0 aromatic heterocycles. The summed E-state index contributed by atoms with van der Waals surface area (Å²) in [5.74, 6) is -5.45. The molecule has 23 nitrogen and oxygen atoms in total. The van der Waals surface area contributed by atoms with E-state index in [0.29, 0.717) is 0 Å². The van der Waals surface area contributed by atoms with Crippen molar-refractivity contribution in [3.05, 3.63) is 0 Å². The van der Waals surface area contributed by atoms with E-state index in [1.807, 2.05) is 67.7 Å². The Balaban J connectivity index is 5.09. The Bertz CT molecular complexity index is 2150. The van der Waals surface area contributed by atoms with Gasteiger partial charge in [-0.25, -0.2) is 38.8 Å². The van der Waals surface area contributed by atoms with Crippen molar-refractivity contribution in [1.82, 2.24) is 31.9 Å². The summed E-state index contributed by atoms with van der Waals surface area (Å²) >= 11 is 0. The summed E-state index contributed by atoms with van der Waals surface area (Å²) in [4.78, 5) is 108. The molecule has 25 heteroatoms. The van der Waals surface area contributed by atoms with E-state index >= 15 is 4.79 Å². The van der Waals surface area contributed by atoms with Crippen LogP contribution in [0, 0.1) is 17.8 Å². The number of nitrogens with one attached hydrogen (secondary N) is 6. The van der Waals surface area contributed by atoms with Gasteiger partial charge in [-0.05, 0) is 167 Å². The lowest BCUT2D eigenvalue weighted by molar-refractivity contribution is -0.125. The van der Waals surface area contributed by atoms with E-state index in [0.717, 1.165) is 0 Å².